The van der Waals surface area contributed by atoms with Gasteiger partial charge in [-0.25, -0.2) is 5.43 Å². The van der Waals surface area contributed by atoms with Crippen LogP contribution in [0.1, 0.15) is 11.1 Å². The number of methoxy groups -OCH3 is 1. The molecule has 0 saturated carbocycles. The van der Waals surface area contributed by atoms with Crippen LogP contribution < -0.4 is 25.5 Å². The summed E-state index contributed by atoms with van der Waals surface area (Å²) in [6, 6.07) is 11.4. The summed E-state index contributed by atoms with van der Waals surface area (Å²) >= 11 is 18.1. The van der Waals surface area contributed by atoms with Gasteiger partial charge in [0.05, 0.1) is 39.6 Å². The highest BCUT2D eigenvalue weighted by Gasteiger charge is 2.30. The van der Waals surface area contributed by atoms with Gasteiger partial charge in [0.1, 0.15) is 0 Å². The monoisotopic (exact) mass is 616 g/mol. The van der Waals surface area contributed by atoms with Gasteiger partial charge in [0.25, 0.3) is 5.91 Å². The molecule has 0 aliphatic rings. The number of anilines is 2. The lowest BCUT2D eigenvalue weighted by Gasteiger charge is -2.14. The number of halogens is 6. The maximum atomic E-state index is 12.9. The Morgan fingerprint density at radius 3 is 2.38 bits per heavy atom. The molecule has 0 aliphatic heterocycles. The number of alkyl halides is 3. The van der Waals surface area contributed by atoms with Gasteiger partial charge in [-0.15, -0.1) is 0 Å². The number of amides is 3. The first kappa shape index (κ1) is 30.5. The fraction of sp³-hybridized carbons (Fsp3) is 0.120. The molecule has 0 spiro atoms. The fourth-order valence-electron chi connectivity index (χ4n) is 3.06. The number of nitrogens with one attached hydrogen (secondary N) is 3. The highest BCUT2D eigenvalue weighted by molar-refractivity contribution is 6.45. The minimum absolute atomic E-state index is 0.00710. The Hall–Kier alpha value is -4.00. The van der Waals surface area contributed by atoms with Crippen molar-refractivity contribution in [2.24, 2.45) is 5.10 Å². The second kappa shape index (κ2) is 13.4. The third kappa shape index (κ3) is 8.25. The molecule has 0 aliphatic carbocycles. The first-order valence-electron chi connectivity index (χ1n) is 10.9. The highest BCUT2D eigenvalue weighted by atomic mass is 35.5. The predicted molar refractivity (Wildman–Crippen MR) is 144 cm³/mol. The second-order valence-corrected chi connectivity index (χ2v) is 8.90. The Morgan fingerprint density at radius 1 is 0.950 bits per heavy atom. The Bertz CT molecular complexity index is 1470. The van der Waals surface area contributed by atoms with Crippen LogP contribution in [0.4, 0.5) is 24.5 Å². The molecule has 0 heterocycles. The Balaban J connectivity index is 1.60. The van der Waals surface area contributed by atoms with Gasteiger partial charge >= 0.3 is 18.0 Å². The van der Waals surface area contributed by atoms with Crippen molar-refractivity contribution in [2.75, 3.05) is 24.4 Å². The van der Waals surface area contributed by atoms with Gasteiger partial charge in [-0.2, -0.15) is 18.3 Å². The Morgan fingerprint density at radius 2 is 1.68 bits per heavy atom. The molecule has 0 fully saturated rings. The summed E-state index contributed by atoms with van der Waals surface area (Å²) in [6.45, 7) is -0.596. The van der Waals surface area contributed by atoms with Gasteiger partial charge in [-0.1, -0.05) is 46.9 Å². The molecule has 0 saturated heterocycles. The zero-order valence-electron chi connectivity index (χ0n) is 20.2. The normalized spacial score (nSPS) is 11.2. The average Bonchev–Trinajstić information content (AvgIpc) is 2.90. The van der Waals surface area contributed by atoms with E-state index in [1.807, 2.05) is 5.43 Å². The van der Waals surface area contributed by atoms with Gasteiger partial charge in [-0.05, 0) is 48.0 Å². The van der Waals surface area contributed by atoms with Gasteiger partial charge in [-0.3, -0.25) is 14.4 Å². The molecule has 210 valence electrons. The number of nitrogens with zero attached hydrogens (tertiary/aromatic N) is 1. The van der Waals surface area contributed by atoms with Crippen LogP contribution in [0.5, 0.6) is 11.5 Å². The second-order valence-electron chi connectivity index (χ2n) is 7.70. The van der Waals surface area contributed by atoms with Crippen LogP contribution in [0.2, 0.25) is 15.1 Å². The lowest BCUT2D eigenvalue weighted by atomic mass is 10.2. The van der Waals surface area contributed by atoms with Crippen molar-refractivity contribution in [3.8, 4) is 11.5 Å². The third-order valence-electron chi connectivity index (χ3n) is 4.86. The van der Waals surface area contributed by atoms with Crippen LogP contribution in [0.3, 0.4) is 0 Å². The van der Waals surface area contributed by atoms with E-state index in [2.05, 4.69) is 15.7 Å². The molecule has 3 aromatic rings. The largest absolute Gasteiger partial charge is 0.493 e. The van der Waals surface area contributed by atoms with Gasteiger partial charge < -0.3 is 20.1 Å². The van der Waals surface area contributed by atoms with Crippen LogP contribution in [0.15, 0.2) is 59.7 Å². The lowest BCUT2D eigenvalue weighted by molar-refractivity contribution is -0.137. The Kier molecular flexibility index (Phi) is 10.2. The molecule has 40 heavy (non-hydrogen) atoms. The maximum absolute atomic E-state index is 12.9. The average molecular weight is 618 g/mol. The number of hydrogen-bond acceptors (Lipinski definition) is 6. The number of ether oxygens (including phenoxy) is 2. The molecular formula is C25H18Cl3F3N4O5. The van der Waals surface area contributed by atoms with Crippen molar-refractivity contribution in [1.29, 1.82) is 0 Å². The molecule has 3 N–H and O–H groups in total. The minimum Gasteiger partial charge on any atom is -0.493 e. The van der Waals surface area contributed by atoms with Gasteiger partial charge in [0.15, 0.2) is 18.1 Å². The summed E-state index contributed by atoms with van der Waals surface area (Å²) in [5, 5.41) is 8.54. The van der Waals surface area contributed by atoms with Crippen molar-refractivity contribution in [3.63, 3.8) is 0 Å². The van der Waals surface area contributed by atoms with Gasteiger partial charge in [0.2, 0.25) is 0 Å². The number of hydrogen-bond donors (Lipinski definition) is 3. The first-order chi connectivity index (χ1) is 18.9. The van der Waals surface area contributed by atoms with Crippen molar-refractivity contribution in [3.05, 3.63) is 80.8 Å². The van der Waals surface area contributed by atoms with E-state index in [9.17, 15) is 27.6 Å². The van der Waals surface area contributed by atoms with Gasteiger partial charge in [0, 0.05) is 5.69 Å². The van der Waals surface area contributed by atoms with Crippen LogP contribution >= 0.6 is 34.8 Å². The van der Waals surface area contributed by atoms with Crippen LogP contribution in [0, 0.1) is 0 Å². The molecule has 3 aromatic carbocycles. The van der Waals surface area contributed by atoms with E-state index < -0.39 is 36.1 Å². The lowest BCUT2D eigenvalue weighted by Crippen LogP contribution is -2.32. The summed E-state index contributed by atoms with van der Waals surface area (Å²) < 4.78 is 49.3. The predicted octanol–water partition coefficient (Wildman–Crippen LogP) is 5.78. The molecule has 0 bridgehead atoms. The van der Waals surface area contributed by atoms with Crippen LogP contribution in [0.25, 0.3) is 0 Å². The van der Waals surface area contributed by atoms with Crippen LogP contribution in [-0.2, 0) is 20.6 Å². The van der Waals surface area contributed by atoms with Crippen molar-refractivity contribution in [1.82, 2.24) is 5.43 Å². The topological polar surface area (TPSA) is 118 Å². The van der Waals surface area contributed by atoms with E-state index in [0.717, 1.165) is 24.4 Å². The molecule has 0 unspecified atom stereocenters. The zero-order chi connectivity index (χ0) is 29.4. The summed E-state index contributed by atoms with van der Waals surface area (Å²) in [5.74, 6) is -2.84. The molecular weight excluding hydrogens is 600 g/mol. The van der Waals surface area contributed by atoms with E-state index >= 15 is 0 Å². The minimum atomic E-state index is -4.57. The zero-order valence-corrected chi connectivity index (χ0v) is 22.5. The number of hydrazone groups is 1. The van der Waals surface area contributed by atoms with Crippen molar-refractivity contribution >= 4 is 70.1 Å². The Labute approximate surface area is 240 Å². The van der Waals surface area contributed by atoms with E-state index in [-0.39, 0.29) is 37.9 Å². The fourth-order valence-corrected chi connectivity index (χ4v) is 3.68. The number of carbonyl (C=O) groups is 3. The smallest absolute Gasteiger partial charge is 0.416 e. The number of rotatable bonds is 8. The molecule has 0 atom stereocenters. The van der Waals surface area contributed by atoms with Crippen molar-refractivity contribution < 1.29 is 37.0 Å². The summed E-state index contributed by atoms with van der Waals surface area (Å²) in [7, 11) is 1.30. The van der Waals surface area contributed by atoms with E-state index in [0.29, 0.717) is 5.56 Å². The molecule has 3 amide bonds. The number of benzene rings is 3. The molecule has 9 nitrogen and oxygen atoms in total. The van der Waals surface area contributed by atoms with Crippen LogP contribution in [-0.4, -0.2) is 37.7 Å². The highest BCUT2D eigenvalue weighted by Crippen LogP contribution is 2.36. The number of carbonyl (C=O) groups excluding carboxylic acids is 3. The quantitative estimate of drug-likeness (QED) is 0.168. The van der Waals surface area contributed by atoms with Crippen molar-refractivity contribution in [2.45, 2.75) is 6.18 Å². The summed E-state index contributed by atoms with van der Waals surface area (Å²) in [5.41, 5.74) is 1.50. The molecule has 15 heteroatoms. The molecule has 3 rings (SSSR count). The maximum Gasteiger partial charge on any atom is 0.416 e. The summed E-state index contributed by atoms with van der Waals surface area (Å²) in [6.07, 6.45) is -3.40. The summed E-state index contributed by atoms with van der Waals surface area (Å²) in [4.78, 5) is 36.4. The molecule has 0 radical (unpaired) electrons. The first-order valence-corrected chi connectivity index (χ1v) is 12.1. The molecule has 0 aromatic heterocycles. The van der Waals surface area contributed by atoms with E-state index in [4.69, 9.17) is 44.3 Å². The standard InChI is InChI=1S/C25H18Cl3F3N4O5/c1-39-19-9-13(11-32-35-24(38)23(37)34-18-7-3-6-16(26)21(18)28)8-17(27)22(19)40-12-20(36)33-15-5-2-4-14(10-15)25(29,30)31/h2-11H,12H2,1H3,(H,33,36)(H,34,37)(H,35,38)/b32-11-. The van der Waals surface area contributed by atoms with E-state index in [1.54, 1.807) is 0 Å². The van der Waals surface area contributed by atoms with E-state index in [1.165, 1.54) is 43.5 Å². The SMILES string of the molecule is COc1cc(/C=N\NC(=O)C(=O)Nc2cccc(Cl)c2Cl)cc(Cl)c1OCC(=O)Nc1cccc(C(F)(F)F)c1. The third-order valence-corrected chi connectivity index (χ3v) is 5.96.